The molecule has 0 aliphatic heterocycles. The molecule has 0 saturated carbocycles. The van der Waals surface area contributed by atoms with Crippen molar-refractivity contribution in [1.29, 1.82) is 0 Å². The first-order valence-electron chi connectivity index (χ1n) is 6.95. The van der Waals surface area contributed by atoms with Gasteiger partial charge in [0.05, 0.1) is 11.7 Å². The lowest BCUT2D eigenvalue weighted by molar-refractivity contribution is 0.0607. The predicted octanol–water partition coefficient (Wildman–Crippen LogP) is 3.40. The monoisotopic (exact) mass is 262 g/mol. The zero-order chi connectivity index (χ0) is 14.0. The number of benzene rings is 1. The van der Waals surface area contributed by atoms with Crippen LogP contribution in [0.1, 0.15) is 54.6 Å². The lowest BCUT2D eigenvalue weighted by Crippen LogP contribution is -2.37. The summed E-state index contributed by atoms with van der Waals surface area (Å²) in [5.41, 5.74) is 2.90. The Morgan fingerprint density at radius 2 is 2.11 bits per heavy atom. The number of carbonyl (C=O) groups is 1. The van der Waals surface area contributed by atoms with E-state index in [0.29, 0.717) is 5.56 Å². The summed E-state index contributed by atoms with van der Waals surface area (Å²) >= 11 is 0. The van der Waals surface area contributed by atoms with E-state index in [1.807, 2.05) is 12.1 Å². The quantitative estimate of drug-likeness (QED) is 0.904. The van der Waals surface area contributed by atoms with Gasteiger partial charge < -0.3 is 9.84 Å². The van der Waals surface area contributed by atoms with Crippen molar-refractivity contribution < 1.29 is 14.6 Å². The number of ether oxygens (including phenoxy) is 1. The number of carboxylic acid groups (broad SMARTS) is 1. The third-order valence-electron chi connectivity index (χ3n) is 4.68. The van der Waals surface area contributed by atoms with Gasteiger partial charge >= 0.3 is 5.97 Å². The molecule has 1 N–H and O–H groups in total. The fourth-order valence-electron chi connectivity index (χ4n) is 3.33. The number of carboxylic acids is 1. The van der Waals surface area contributed by atoms with E-state index in [-0.39, 0.29) is 11.5 Å². The molecule has 0 bridgehead atoms. The molecule has 0 heterocycles. The molecule has 0 amide bonds. The summed E-state index contributed by atoms with van der Waals surface area (Å²) in [6, 6.07) is 5.54. The molecular formula is C16H22O3. The van der Waals surface area contributed by atoms with Crippen LogP contribution in [0, 0.1) is 0 Å². The minimum Gasteiger partial charge on any atom is -0.478 e. The van der Waals surface area contributed by atoms with Crippen LogP contribution in [0.2, 0.25) is 0 Å². The third kappa shape index (κ3) is 2.39. The van der Waals surface area contributed by atoms with Crippen LogP contribution in [-0.4, -0.2) is 24.3 Å². The minimum atomic E-state index is -0.849. The van der Waals surface area contributed by atoms with Gasteiger partial charge in [-0.05, 0) is 54.4 Å². The number of methoxy groups -OCH3 is 1. The molecule has 1 aliphatic carbocycles. The maximum absolute atomic E-state index is 11.2. The minimum absolute atomic E-state index is 0.0553. The van der Waals surface area contributed by atoms with Crippen LogP contribution in [-0.2, 0) is 16.6 Å². The van der Waals surface area contributed by atoms with Crippen molar-refractivity contribution in [3.05, 3.63) is 34.9 Å². The number of aromatic carboxylic acids is 1. The highest BCUT2D eigenvalue weighted by molar-refractivity contribution is 5.88. The Kier molecular flexibility index (Phi) is 3.95. The van der Waals surface area contributed by atoms with Gasteiger partial charge in [-0.15, -0.1) is 0 Å². The average Bonchev–Trinajstić information content (AvgIpc) is 2.45. The van der Waals surface area contributed by atoms with E-state index in [1.54, 1.807) is 13.2 Å². The molecule has 1 atom stereocenters. The highest BCUT2D eigenvalue weighted by Gasteiger charge is 2.38. The summed E-state index contributed by atoms with van der Waals surface area (Å²) in [4.78, 5) is 11.2. The normalized spacial score (nSPS) is 20.9. The van der Waals surface area contributed by atoms with Crippen molar-refractivity contribution in [2.24, 2.45) is 0 Å². The van der Waals surface area contributed by atoms with Crippen molar-refractivity contribution in [2.45, 2.75) is 51.0 Å². The molecule has 2 rings (SSSR count). The van der Waals surface area contributed by atoms with Crippen LogP contribution in [0.3, 0.4) is 0 Å². The Morgan fingerprint density at radius 1 is 1.42 bits per heavy atom. The second-order valence-corrected chi connectivity index (χ2v) is 5.43. The second-order valence-electron chi connectivity index (χ2n) is 5.43. The van der Waals surface area contributed by atoms with Crippen LogP contribution in [0.5, 0.6) is 0 Å². The van der Waals surface area contributed by atoms with Crippen LogP contribution in [0.4, 0.5) is 0 Å². The molecule has 1 aromatic carbocycles. The summed E-state index contributed by atoms with van der Waals surface area (Å²) in [5.74, 6) is -0.849. The smallest absolute Gasteiger partial charge is 0.335 e. The van der Waals surface area contributed by atoms with Gasteiger partial charge in [0, 0.05) is 7.11 Å². The van der Waals surface area contributed by atoms with Gasteiger partial charge in [0.1, 0.15) is 0 Å². The lowest BCUT2D eigenvalue weighted by Gasteiger charge is -2.41. The molecular weight excluding hydrogens is 240 g/mol. The van der Waals surface area contributed by atoms with Crippen LogP contribution < -0.4 is 0 Å². The third-order valence-corrected chi connectivity index (χ3v) is 4.68. The molecule has 0 fully saturated rings. The first kappa shape index (κ1) is 14.1. The fourth-order valence-corrected chi connectivity index (χ4v) is 3.33. The van der Waals surface area contributed by atoms with Gasteiger partial charge in [-0.25, -0.2) is 4.79 Å². The maximum Gasteiger partial charge on any atom is 0.335 e. The Bertz CT molecular complexity index is 475. The maximum atomic E-state index is 11.2. The average molecular weight is 262 g/mol. The first-order valence-corrected chi connectivity index (χ1v) is 6.95. The number of rotatable bonds is 4. The molecule has 0 spiro atoms. The molecule has 0 aromatic heterocycles. The summed E-state index contributed by atoms with van der Waals surface area (Å²) in [6.45, 7) is 4.36. The van der Waals surface area contributed by atoms with Crippen molar-refractivity contribution in [3.8, 4) is 0 Å². The summed E-state index contributed by atoms with van der Waals surface area (Å²) in [7, 11) is 1.76. The van der Waals surface area contributed by atoms with E-state index in [2.05, 4.69) is 13.8 Å². The van der Waals surface area contributed by atoms with E-state index in [1.165, 1.54) is 11.1 Å². The van der Waals surface area contributed by atoms with Crippen molar-refractivity contribution >= 4 is 5.97 Å². The number of fused-ring (bicyclic) bond motifs is 1. The van der Waals surface area contributed by atoms with Gasteiger partial charge in [-0.2, -0.15) is 0 Å². The van der Waals surface area contributed by atoms with Gasteiger partial charge in [0.2, 0.25) is 0 Å². The topological polar surface area (TPSA) is 46.5 Å². The predicted molar refractivity (Wildman–Crippen MR) is 74.8 cm³/mol. The van der Waals surface area contributed by atoms with E-state index < -0.39 is 5.97 Å². The largest absolute Gasteiger partial charge is 0.478 e. The molecule has 0 radical (unpaired) electrons. The fraction of sp³-hybridized carbons (Fsp3) is 0.562. The van der Waals surface area contributed by atoms with Gasteiger partial charge in [-0.3, -0.25) is 0 Å². The summed E-state index contributed by atoms with van der Waals surface area (Å²) in [5, 5.41) is 9.18. The summed E-state index contributed by atoms with van der Waals surface area (Å²) in [6.07, 6.45) is 4.13. The van der Waals surface area contributed by atoms with Crippen LogP contribution in [0.15, 0.2) is 18.2 Å². The molecule has 1 aliphatic rings. The van der Waals surface area contributed by atoms with E-state index >= 15 is 0 Å². The van der Waals surface area contributed by atoms with Gasteiger partial charge in [0.15, 0.2) is 0 Å². The molecule has 104 valence electrons. The number of hydrogen-bond donors (Lipinski definition) is 1. The molecule has 19 heavy (non-hydrogen) atoms. The van der Waals surface area contributed by atoms with E-state index in [9.17, 15) is 9.90 Å². The Balaban J connectivity index is 2.54. The van der Waals surface area contributed by atoms with Crippen molar-refractivity contribution in [1.82, 2.24) is 0 Å². The lowest BCUT2D eigenvalue weighted by atomic mass is 9.65. The van der Waals surface area contributed by atoms with E-state index in [4.69, 9.17) is 4.74 Å². The van der Waals surface area contributed by atoms with Crippen molar-refractivity contribution in [2.75, 3.05) is 7.11 Å². The molecule has 3 nitrogen and oxygen atoms in total. The van der Waals surface area contributed by atoms with Crippen molar-refractivity contribution in [3.63, 3.8) is 0 Å². The van der Waals surface area contributed by atoms with Crippen LogP contribution in [0.25, 0.3) is 0 Å². The van der Waals surface area contributed by atoms with E-state index in [0.717, 1.165) is 25.7 Å². The molecule has 3 heteroatoms. The zero-order valence-corrected chi connectivity index (χ0v) is 11.9. The molecule has 0 saturated heterocycles. The molecule has 1 aromatic rings. The SMILES string of the molecule is CCC1(CC)CC(OC)Cc2ccc(C(=O)O)cc21. The van der Waals surface area contributed by atoms with Crippen LogP contribution >= 0.6 is 0 Å². The number of hydrogen-bond acceptors (Lipinski definition) is 2. The molecule has 1 unspecified atom stereocenters. The Morgan fingerprint density at radius 3 is 2.63 bits per heavy atom. The highest BCUT2D eigenvalue weighted by atomic mass is 16.5. The highest BCUT2D eigenvalue weighted by Crippen LogP contribution is 2.43. The van der Waals surface area contributed by atoms with Gasteiger partial charge in [0.25, 0.3) is 0 Å². The Hall–Kier alpha value is -1.35. The summed E-state index contributed by atoms with van der Waals surface area (Å²) < 4.78 is 5.57. The second kappa shape index (κ2) is 5.33. The first-order chi connectivity index (χ1) is 9.06. The standard InChI is InChI=1S/C16H22O3/c1-4-16(5-2)10-13(19-3)8-11-6-7-12(15(17)18)9-14(11)16/h6-7,9,13H,4-5,8,10H2,1-3H3,(H,17,18). The van der Waals surface area contributed by atoms with Gasteiger partial charge in [-0.1, -0.05) is 19.9 Å². The Labute approximate surface area is 114 Å². The zero-order valence-electron chi connectivity index (χ0n) is 11.9.